The Bertz CT molecular complexity index is 187. The Morgan fingerprint density at radius 3 is 2.81 bits per heavy atom. The van der Waals surface area contributed by atoms with E-state index in [2.05, 4.69) is 37.4 Å². The largest absolute Gasteiger partial charge is 0.312 e. The molecule has 0 saturated carbocycles. The Hall–Kier alpha value is 0.270. The summed E-state index contributed by atoms with van der Waals surface area (Å²) in [6, 6.07) is 1.44. The van der Waals surface area contributed by atoms with E-state index in [-0.39, 0.29) is 0 Å². The zero-order chi connectivity index (χ0) is 12.0. The Morgan fingerprint density at radius 2 is 2.25 bits per heavy atom. The molecule has 1 heterocycles. The topological polar surface area (TPSA) is 15.3 Å². The molecule has 0 bridgehead atoms. The van der Waals surface area contributed by atoms with Crippen molar-refractivity contribution in [1.82, 2.24) is 10.2 Å². The van der Waals surface area contributed by atoms with Crippen molar-refractivity contribution in [2.24, 2.45) is 5.92 Å². The normalized spacial score (nSPS) is 28.3. The van der Waals surface area contributed by atoms with Crippen molar-refractivity contribution in [2.75, 3.05) is 32.1 Å². The van der Waals surface area contributed by atoms with Gasteiger partial charge in [0.15, 0.2) is 0 Å². The molecule has 1 aliphatic heterocycles. The van der Waals surface area contributed by atoms with Crippen molar-refractivity contribution < 1.29 is 0 Å². The van der Waals surface area contributed by atoms with Crippen LogP contribution in [0.3, 0.4) is 0 Å². The molecule has 0 aromatic carbocycles. The molecule has 0 radical (unpaired) electrons. The Kier molecular flexibility index (Phi) is 6.78. The number of nitrogens with one attached hydrogen (secondary N) is 1. The first-order valence-corrected chi connectivity index (χ1v) is 8.01. The van der Waals surface area contributed by atoms with Gasteiger partial charge in [0, 0.05) is 24.4 Å². The average molecular weight is 244 g/mol. The highest BCUT2D eigenvalue weighted by molar-refractivity contribution is 7.98. The van der Waals surface area contributed by atoms with Crippen LogP contribution in [-0.2, 0) is 0 Å². The van der Waals surface area contributed by atoms with E-state index in [1.165, 1.54) is 38.1 Å². The van der Waals surface area contributed by atoms with Gasteiger partial charge in [-0.3, -0.25) is 0 Å². The lowest BCUT2D eigenvalue weighted by molar-refractivity contribution is 0.182. The van der Waals surface area contributed by atoms with E-state index in [1.54, 1.807) is 0 Å². The van der Waals surface area contributed by atoms with Gasteiger partial charge in [0.05, 0.1) is 0 Å². The molecular weight excluding hydrogens is 216 g/mol. The third-order valence-corrected chi connectivity index (χ3v) is 4.59. The van der Waals surface area contributed by atoms with Crippen molar-refractivity contribution in [3.8, 4) is 0 Å². The van der Waals surface area contributed by atoms with Crippen molar-refractivity contribution in [2.45, 2.75) is 45.2 Å². The summed E-state index contributed by atoms with van der Waals surface area (Å²) in [6.07, 6.45) is 6.21. The van der Waals surface area contributed by atoms with Gasteiger partial charge in [-0.15, -0.1) is 0 Å². The summed E-state index contributed by atoms with van der Waals surface area (Å²) in [5.41, 5.74) is 0. The molecule has 3 unspecified atom stereocenters. The molecule has 1 aliphatic rings. The molecule has 0 aromatic rings. The molecule has 2 nitrogen and oxygen atoms in total. The van der Waals surface area contributed by atoms with Crippen molar-refractivity contribution >= 4 is 11.8 Å². The first-order chi connectivity index (χ1) is 7.69. The van der Waals surface area contributed by atoms with Gasteiger partial charge in [0.1, 0.15) is 0 Å². The second kappa shape index (κ2) is 7.57. The summed E-state index contributed by atoms with van der Waals surface area (Å²) >= 11 is 1.96. The number of piperidine rings is 1. The zero-order valence-corrected chi connectivity index (χ0v) is 12.1. The third kappa shape index (κ3) is 4.27. The van der Waals surface area contributed by atoms with Gasteiger partial charge < -0.3 is 10.2 Å². The second-order valence-electron chi connectivity index (χ2n) is 5.14. The minimum atomic E-state index is 0.703. The molecule has 0 aliphatic carbocycles. The number of rotatable bonds is 6. The Labute approximate surface area is 106 Å². The van der Waals surface area contributed by atoms with Crippen molar-refractivity contribution in [3.05, 3.63) is 0 Å². The third-order valence-electron chi connectivity index (χ3n) is 3.87. The lowest BCUT2D eigenvalue weighted by Gasteiger charge is -2.36. The predicted octanol–water partition coefficient (Wildman–Crippen LogP) is 2.45. The van der Waals surface area contributed by atoms with Gasteiger partial charge >= 0.3 is 0 Å². The summed E-state index contributed by atoms with van der Waals surface area (Å²) in [6.45, 7) is 7.11. The number of likely N-dealkylation sites (N-methyl/N-ethyl adjacent to an activating group) is 1. The molecule has 0 aromatic heterocycles. The number of thioether (sulfide) groups is 1. The van der Waals surface area contributed by atoms with E-state index in [0.717, 1.165) is 12.0 Å². The Balaban J connectivity index is 2.38. The number of hydrogen-bond acceptors (Lipinski definition) is 3. The number of nitrogens with zero attached hydrogens (tertiary/aromatic N) is 1. The smallest absolute Gasteiger partial charge is 0.0220 e. The fourth-order valence-electron chi connectivity index (χ4n) is 2.57. The summed E-state index contributed by atoms with van der Waals surface area (Å²) in [7, 11) is 2.29. The van der Waals surface area contributed by atoms with Crippen LogP contribution in [0.1, 0.15) is 33.1 Å². The fourth-order valence-corrected chi connectivity index (χ4v) is 3.44. The van der Waals surface area contributed by atoms with Gasteiger partial charge in [-0.1, -0.05) is 13.8 Å². The monoisotopic (exact) mass is 244 g/mol. The van der Waals surface area contributed by atoms with Crippen LogP contribution in [-0.4, -0.2) is 49.1 Å². The van der Waals surface area contributed by atoms with Crippen LogP contribution in [0, 0.1) is 5.92 Å². The van der Waals surface area contributed by atoms with Crippen LogP contribution in [0.4, 0.5) is 0 Å². The molecule has 1 fully saturated rings. The first-order valence-electron chi connectivity index (χ1n) is 6.61. The van der Waals surface area contributed by atoms with E-state index >= 15 is 0 Å². The molecule has 0 spiro atoms. The summed E-state index contributed by atoms with van der Waals surface area (Å²) in [5.74, 6) is 2.09. The van der Waals surface area contributed by atoms with E-state index in [9.17, 15) is 0 Å². The van der Waals surface area contributed by atoms with Crippen LogP contribution in [0.2, 0.25) is 0 Å². The SMILES string of the molecule is CCC(CSC)N(C)CC1NCCCC1C. The van der Waals surface area contributed by atoms with Crippen LogP contribution < -0.4 is 5.32 Å². The van der Waals surface area contributed by atoms with Gasteiger partial charge in [-0.2, -0.15) is 11.8 Å². The van der Waals surface area contributed by atoms with E-state index < -0.39 is 0 Å². The van der Waals surface area contributed by atoms with Gasteiger partial charge in [0.25, 0.3) is 0 Å². The van der Waals surface area contributed by atoms with Crippen LogP contribution >= 0.6 is 11.8 Å². The van der Waals surface area contributed by atoms with Crippen LogP contribution in [0.5, 0.6) is 0 Å². The van der Waals surface area contributed by atoms with Crippen molar-refractivity contribution in [3.63, 3.8) is 0 Å². The van der Waals surface area contributed by atoms with Gasteiger partial charge in [0.2, 0.25) is 0 Å². The minimum absolute atomic E-state index is 0.703. The highest BCUT2D eigenvalue weighted by atomic mass is 32.2. The quantitative estimate of drug-likeness (QED) is 0.772. The van der Waals surface area contributed by atoms with E-state index in [4.69, 9.17) is 0 Å². The lowest BCUT2D eigenvalue weighted by atomic mass is 9.92. The molecule has 1 N–H and O–H groups in total. The average Bonchev–Trinajstić information content (AvgIpc) is 2.29. The van der Waals surface area contributed by atoms with E-state index in [0.29, 0.717) is 6.04 Å². The first kappa shape index (κ1) is 14.3. The highest BCUT2D eigenvalue weighted by Crippen LogP contribution is 2.18. The molecule has 3 atom stereocenters. The van der Waals surface area contributed by atoms with Crippen molar-refractivity contribution in [1.29, 1.82) is 0 Å². The van der Waals surface area contributed by atoms with Crippen LogP contribution in [0.15, 0.2) is 0 Å². The molecule has 3 heteroatoms. The molecule has 96 valence electrons. The molecule has 0 amide bonds. The lowest BCUT2D eigenvalue weighted by Crippen LogP contribution is -2.49. The zero-order valence-electron chi connectivity index (χ0n) is 11.3. The predicted molar refractivity (Wildman–Crippen MR) is 75.3 cm³/mol. The van der Waals surface area contributed by atoms with E-state index in [1.807, 2.05) is 11.8 Å². The molecule has 1 saturated heterocycles. The summed E-state index contributed by atoms with van der Waals surface area (Å²) in [4.78, 5) is 2.55. The highest BCUT2D eigenvalue weighted by Gasteiger charge is 2.23. The van der Waals surface area contributed by atoms with Gasteiger partial charge in [-0.05, 0) is 45.0 Å². The second-order valence-corrected chi connectivity index (χ2v) is 6.05. The molecule has 16 heavy (non-hydrogen) atoms. The minimum Gasteiger partial charge on any atom is -0.312 e. The maximum atomic E-state index is 3.67. The maximum absolute atomic E-state index is 3.67. The van der Waals surface area contributed by atoms with Gasteiger partial charge in [-0.25, -0.2) is 0 Å². The van der Waals surface area contributed by atoms with Crippen LogP contribution in [0.25, 0.3) is 0 Å². The summed E-state index contributed by atoms with van der Waals surface area (Å²) in [5, 5.41) is 3.67. The molecular formula is C13H28N2S. The Morgan fingerprint density at radius 1 is 1.50 bits per heavy atom. The summed E-state index contributed by atoms with van der Waals surface area (Å²) < 4.78 is 0. The maximum Gasteiger partial charge on any atom is 0.0220 e. The molecule has 1 rings (SSSR count). The fraction of sp³-hybridized carbons (Fsp3) is 1.00. The number of hydrogen-bond donors (Lipinski definition) is 1. The standard InChI is InChI=1S/C13H28N2S/c1-5-12(10-16-4)15(3)9-13-11(2)7-6-8-14-13/h11-14H,5-10H2,1-4H3.